The number of benzene rings is 1. The van der Waals surface area contributed by atoms with E-state index in [1.807, 2.05) is 42.6 Å². The van der Waals surface area contributed by atoms with Gasteiger partial charge in [-0.2, -0.15) is 5.10 Å². The molecule has 7 nitrogen and oxygen atoms in total. The van der Waals surface area contributed by atoms with Crippen LogP contribution in [-0.4, -0.2) is 34.7 Å². The summed E-state index contributed by atoms with van der Waals surface area (Å²) in [5.41, 5.74) is 4.93. The third kappa shape index (κ3) is 4.18. The number of nitrogens with zero attached hydrogens (tertiary/aromatic N) is 3. The Bertz CT molecular complexity index is 916. The molecule has 1 aromatic carbocycles. The summed E-state index contributed by atoms with van der Waals surface area (Å²) in [5.74, 6) is 1.00. The van der Waals surface area contributed by atoms with Crippen molar-refractivity contribution >= 4 is 17.8 Å². The summed E-state index contributed by atoms with van der Waals surface area (Å²) >= 11 is 0. The van der Waals surface area contributed by atoms with Crippen LogP contribution in [0.5, 0.6) is 11.5 Å². The largest absolute Gasteiger partial charge is 0.494 e. The molecule has 7 heteroatoms. The van der Waals surface area contributed by atoms with Gasteiger partial charge >= 0.3 is 0 Å². The van der Waals surface area contributed by atoms with E-state index in [-0.39, 0.29) is 12.5 Å². The van der Waals surface area contributed by atoms with E-state index in [2.05, 4.69) is 15.5 Å². The average molecular weight is 352 g/mol. The predicted octanol–water partition coefficient (Wildman–Crippen LogP) is 2.57. The van der Waals surface area contributed by atoms with Gasteiger partial charge in [0, 0.05) is 6.20 Å². The summed E-state index contributed by atoms with van der Waals surface area (Å²) in [6, 6.07) is 12.8. The molecular weight excluding hydrogens is 332 g/mol. The minimum Gasteiger partial charge on any atom is -0.494 e. The topological polar surface area (TPSA) is 77.2 Å². The minimum atomic E-state index is -0.346. The molecule has 0 bridgehead atoms. The number of imidazole rings is 1. The molecule has 3 aromatic rings. The highest BCUT2D eigenvalue weighted by molar-refractivity contribution is 5.83. The Hall–Kier alpha value is -3.35. The van der Waals surface area contributed by atoms with Crippen molar-refractivity contribution < 1.29 is 14.3 Å². The van der Waals surface area contributed by atoms with Gasteiger partial charge in [-0.3, -0.25) is 9.20 Å². The molecule has 0 radical (unpaired) electrons. The van der Waals surface area contributed by atoms with Gasteiger partial charge in [-0.05, 0) is 50.2 Å². The van der Waals surface area contributed by atoms with E-state index < -0.39 is 0 Å². The van der Waals surface area contributed by atoms with Gasteiger partial charge in [-0.1, -0.05) is 6.07 Å². The number of ether oxygens (including phenoxy) is 2. The first-order chi connectivity index (χ1) is 12.7. The van der Waals surface area contributed by atoms with Crippen LogP contribution in [0, 0.1) is 6.92 Å². The van der Waals surface area contributed by atoms with Crippen molar-refractivity contribution in [2.75, 3.05) is 13.2 Å². The number of aromatic nitrogens is 2. The van der Waals surface area contributed by atoms with Crippen molar-refractivity contribution in [1.82, 2.24) is 14.8 Å². The molecule has 0 spiro atoms. The molecule has 26 heavy (non-hydrogen) atoms. The summed E-state index contributed by atoms with van der Waals surface area (Å²) in [5, 5.41) is 3.99. The van der Waals surface area contributed by atoms with E-state index in [1.165, 1.54) is 0 Å². The van der Waals surface area contributed by atoms with Gasteiger partial charge in [0.15, 0.2) is 6.61 Å². The van der Waals surface area contributed by atoms with Gasteiger partial charge < -0.3 is 9.47 Å². The smallest absolute Gasteiger partial charge is 0.277 e. The molecular formula is C19H20N4O3. The second kappa shape index (κ2) is 8.15. The lowest BCUT2D eigenvalue weighted by Crippen LogP contribution is -2.24. The number of carbonyl (C=O) groups excluding carboxylic acids is 1. The Morgan fingerprint density at radius 1 is 1.19 bits per heavy atom. The van der Waals surface area contributed by atoms with Crippen LogP contribution in [0.1, 0.15) is 18.3 Å². The fourth-order valence-corrected chi connectivity index (χ4v) is 2.43. The van der Waals surface area contributed by atoms with E-state index in [1.54, 1.807) is 30.5 Å². The molecule has 1 N–H and O–H groups in total. The van der Waals surface area contributed by atoms with E-state index in [4.69, 9.17) is 9.47 Å². The number of carbonyl (C=O) groups is 1. The van der Waals surface area contributed by atoms with E-state index >= 15 is 0 Å². The van der Waals surface area contributed by atoms with Gasteiger partial charge in [0.05, 0.1) is 24.2 Å². The normalized spacial score (nSPS) is 11.0. The van der Waals surface area contributed by atoms with Crippen LogP contribution in [0.15, 0.2) is 53.8 Å². The molecule has 0 atom stereocenters. The lowest BCUT2D eigenvalue weighted by Gasteiger charge is -2.06. The zero-order valence-corrected chi connectivity index (χ0v) is 14.7. The maximum Gasteiger partial charge on any atom is 0.277 e. The van der Waals surface area contributed by atoms with Crippen molar-refractivity contribution in [2.24, 2.45) is 5.10 Å². The van der Waals surface area contributed by atoms with Crippen molar-refractivity contribution in [1.29, 1.82) is 0 Å². The first kappa shape index (κ1) is 17.5. The lowest BCUT2D eigenvalue weighted by atomic mass is 10.3. The van der Waals surface area contributed by atoms with E-state index in [9.17, 15) is 4.79 Å². The number of hydrogen-bond donors (Lipinski definition) is 1. The molecule has 0 unspecified atom stereocenters. The van der Waals surface area contributed by atoms with Gasteiger partial charge in [0.2, 0.25) is 0 Å². The highest BCUT2D eigenvalue weighted by Gasteiger charge is 2.06. The van der Waals surface area contributed by atoms with Crippen LogP contribution in [0.4, 0.5) is 0 Å². The third-order valence-corrected chi connectivity index (χ3v) is 3.63. The summed E-state index contributed by atoms with van der Waals surface area (Å²) in [4.78, 5) is 16.3. The number of rotatable bonds is 7. The molecule has 0 fully saturated rings. The molecule has 0 aliphatic carbocycles. The third-order valence-electron chi connectivity index (χ3n) is 3.63. The number of nitrogens with one attached hydrogen (secondary N) is 1. The highest BCUT2D eigenvalue weighted by atomic mass is 16.5. The van der Waals surface area contributed by atoms with E-state index in [0.717, 1.165) is 22.8 Å². The standard InChI is InChI=1S/C19H20N4O3/c1-3-25-15-7-9-16(10-8-15)26-13-19(24)22-20-12-17-14(2)21-18-6-4-5-11-23(17)18/h4-12H,3,13H2,1-2H3,(H,22,24)/b20-12-. The zero-order valence-electron chi connectivity index (χ0n) is 14.7. The number of aryl methyl sites for hydroxylation is 1. The SMILES string of the molecule is CCOc1ccc(OCC(=O)N/N=C\c2c(C)nc3ccccn23)cc1. The fraction of sp³-hybridized carbons (Fsp3) is 0.211. The van der Waals surface area contributed by atoms with Crippen LogP contribution in [0.3, 0.4) is 0 Å². The van der Waals surface area contributed by atoms with Gasteiger partial charge in [-0.15, -0.1) is 0 Å². The first-order valence-electron chi connectivity index (χ1n) is 8.28. The second-order valence-corrected chi connectivity index (χ2v) is 5.50. The molecule has 0 saturated carbocycles. The Morgan fingerprint density at radius 2 is 1.92 bits per heavy atom. The number of hydrogen-bond acceptors (Lipinski definition) is 5. The Balaban J connectivity index is 1.53. The lowest BCUT2D eigenvalue weighted by molar-refractivity contribution is -0.123. The van der Waals surface area contributed by atoms with Crippen LogP contribution in [0.25, 0.3) is 5.65 Å². The molecule has 3 rings (SSSR count). The fourth-order valence-electron chi connectivity index (χ4n) is 2.43. The quantitative estimate of drug-likeness (QED) is 0.524. The first-order valence-corrected chi connectivity index (χ1v) is 8.28. The zero-order chi connectivity index (χ0) is 18.4. The molecule has 0 saturated heterocycles. The Morgan fingerprint density at radius 3 is 2.65 bits per heavy atom. The molecule has 2 heterocycles. The van der Waals surface area contributed by atoms with Crippen LogP contribution < -0.4 is 14.9 Å². The highest BCUT2D eigenvalue weighted by Crippen LogP contribution is 2.17. The number of fused-ring (bicyclic) bond motifs is 1. The van der Waals surface area contributed by atoms with Crippen molar-refractivity contribution in [3.05, 3.63) is 60.0 Å². The van der Waals surface area contributed by atoms with E-state index in [0.29, 0.717) is 12.4 Å². The van der Waals surface area contributed by atoms with Crippen molar-refractivity contribution in [3.63, 3.8) is 0 Å². The molecule has 134 valence electrons. The summed E-state index contributed by atoms with van der Waals surface area (Å²) in [6.07, 6.45) is 3.47. The number of amides is 1. The number of hydrazone groups is 1. The number of pyridine rings is 1. The van der Waals surface area contributed by atoms with Gasteiger partial charge in [0.1, 0.15) is 17.1 Å². The van der Waals surface area contributed by atoms with Crippen molar-refractivity contribution in [3.8, 4) is 11.5 Å². The Labute approximate surface area is 151 Å². The molecule has 1 amide bonds. The average Bonchev–Trinajstić information content (AvgIpc) is 2.97. The van der Waals surface area contributed by atoms with Crippen LogP contribution in [0.2, 0.25) is 0 Å². The molecule has 2 aromatic heterocycles. The van der Waals surface area contributed by atoms with Gasteiger partial charge in [0.25, 0.3) is 5.91 Å². The molecule has 0 aliphatic heterocycles. The maximum atomic E-state index is 11.9. The van der Waals surface area contributed by atoms with Gasteiger partial charge in [-0.25, -0.2) is 10.4 Å². The second-order valence-electron chi connectivity index (χ2n) is 5.50. The summed E-state index contributed by atoms with van der Waals surface area (Å²) in [7, 11) is 0. The van der Waals surface area contributed by atoms with Crippen molar-refractivity contribution in [2.45, 2.75) is 13.8 Å². The summed E-state index contributed by atoms with van der Waals surface area (Å²) < 4.78 is 12.7. The van der Waals surface area contributed by atoms with Crippen LogP contribution in [-0.2, 0) is 4.79 Å². The van der Waals surface area contributed by atoms with Crippen LogP contribution >= 0.6 is 0 Å². The summed E-state index contributed by atoms with van der Waals surface area (Å²) in [6.45, 7) is 4.29. The monoisotopic (exact) mass is 352 g/mol. The predicted molar refractivity (Wildman–Crippen MR) is 98.8 cm³/mol. The molecule has 0 aliphatic rings. The Kier molecular flexibility index (Phi) is 5.48. The maximum absolute atomic E-state index is 11.9. The minimum absolute atomic E-state index is 0.128.